The second kappa shape index (κ2) is 13.5. The molecule has 45 heavy (non-hydrogen) atoms. The molecule has 1 aromatic heterocycles. The van der Waals surface area contributed by atoms with Crippen molar-refractivity contribution in [3.05, 3.63) is 87.9 Å². The molecule has 3 aliphatic rings. The van der Waals surface area contributed by atoms with Crippen molar-refractivity contribution in [2.45, 2.75) is 70.9 Å². The van der Waals surface area contributed by atoms with E-state index in [1.54, 1.807) is 13.0 Å². The normalized spacial score (nSPS) is 21.6. The van der Waals surface area contributed by atoms with Crippen molar-refractivity contribution in [1.82, 2.24) is 14.5 Å². The average molecular weight is 621 g/mol. The summed E-state index contributed by atoms with van der Waals surface area (Å²) in [5.74, 6) is 0.375. The molecule has 10 nitrogen and oxygen atoms in total. The first kappa shape index (κ1) is 32.3. The minimum atomic E-state index is -1.24. The number of hydrogen-bond donors (Lipinski definition) is 2. The highest BCUT2D eigenvalue weighted by molar-refractivity contribution is 6.06. The third kappa shape index (κ3) is 6.66. The van der Waals surface area contributed by atoms with Crippen LogP contribution in [0.3, 0.4) is 0 Å². The monoisotopic (exact) mass is 620 g/mol. The Balaban J connectivity index is 0.00000196. The maximum atomic E-state index is 14.9. The number of para-hydroxylation sites is 1. The van der Waals surface area contributed by atoms with E-state index >= 15 is 0 Å². The fourth-order valence-electron chi connectivity index (χ4n) is 6.24. The Morgan fingerprint density at radius 1 is 1.16 bits per heavy atom. The lowest BCUT2D eigenvalue weighted by Gasteiger charge is -2.33. The number of aliphatic hydroxyl groups excluding tert-OH is 1. The number of imidazole rings is 1. The third-order valence-electron chi connectivity index (χ3n) is 8.76. The zero-order valence-electron chi connectivity index (χ0n) is 26.2. The molecule has 11 heteroatoms. The van der Waals surface area contributed by atoms with Crippen molar-refractivity contribution in [3.63, 3.8) is 0 Å². The summed E-state index contributed by atoms with van der Waals surface area (Å²) < 4.78 is 35.2. The minimum Gasteiger partial charge on any atom is -0.444 e. The molecule has 2 aromatic carbocycles. The molecule has 3 N–H and O–H groups in total. The number of nitrogens with two attached hydrogens (primary N) is 1. The topological polar surface area (TPSA) is 129 Å². The van der Waals surface area contributed by atoms with Gasteiger partial charge in [-0.15, -0.1) is 0 Å². The van der Waals surface area contributed by atoms with Crippen LogP contribution in [0, 0.1) is 19.7 Å². The van der Waals surface area contributed by atoms with Crippen LogP contribution < -0.4 is 15.2 Å². The number of hydrogen-bond acceptors (Lipinski definition) is 9. The van der Waals surface area contributed by atoms with Crippen LogP contribution in [0.2, 0.25) is 0 Å². The van der Waals surface area contributed by atoms with Gasteiger partial charge in [-0.1, -0.05) is 18.2 Å². The molecule has 2 fully saturated rings. The number of carbonyl (C=O) groups is 2. The van der Waals surface area contributed by atoms with Gasteiger partial charge in [-0.2, -0.15) is 0 Å². The molecule has 4 heterocycles. The summed E-state index contributed by atoms with van der Waals surface area (Å²) in [5.41, 5.74) is 8.79. The minimum absolute atomic E-state index is 0.0948. The van der Waals surface area contributed by atoms with Crippen molar-refractivity contribution in [3.8, 4) is 11.5 Å². The third-order valence-corrected chi connectivity index (χ3v) is 8.76. The first-order valence-electron chi connectivity index (χ1n) is 15.2. The van der Waals surface area contributed by atoms with Gasteiger partial charge >= 0.3 is 0 Å². The van der Waals surface area contributed by atoms with E-state index in [2.05, 4.69) is 15.5 Å². The van der Waals surface area contributed by atoms with Crippen LogP contribution in [0.4, 0.5) is 4.39 Å². The molecule has 6 rings (SSSR count). The van der Waals surface area contributed by atoms with Gasteiger partial charge in [0.05, 0.1) is 30.5 Å². The second-order valence-corrected chi connectivity index (χ2v) is 11.8. The van der Waals surface area contributed by atoms with Crippen LogP contribution in [-0.4, -0.2) is 64.5 Å². The SMILES string of the molecule is CO.Cc1ccc(C2(C)Oc3cccc(C4CCN(Cc5nc(C(=O)/C=C(\N)C=O)c(C)n5CC5CCO5)CC4)c3O2)c(F)c1. The number of aryl methyl sites for hydroxylation is 1. The molecule has 0 amide bonds. The predicted octanol–water partition coefficient (Wildman–Crippen LogP) is 4.28. The lowest BCUT2D eigenvalue weighted by molar-refractivity contribution is -0.105. The summed E-state index contributed by atoms with van der Waals surface area (Å²) in [5, 5.41) is 7.00. The lowest BCUT2D eigenvalue weighted by atomic mass is 9.88. The Morgan fingerprint density at radius 3 is 2.53 bits per heavy atom. The second-order valence-electron chi connectivity index (χ2n) is 11.8. The van der Waals surface area contributed by atoms with Gasteiger partial charge in [0.1, 0.15) is 17.3 Å². The summed E-state index contributed by atoms with van der Waals surface area (Å²) in [6, 6.07) is 11.0. The van der Waals surface area contributed by atoms with E-state index in [1.165, 1.54) is 6.07 Å². The van der Waals surface area contributed by atoms with Gasteiger partial charge in [-0.05, 0) is 75.9 Å². The van der Waals surface area contributed by atoms with E-state index in [0.717, 1.165) is 74.8 Å². The highest BCUT2D eigenvalue weighted by atomic mass is 19.1. The standard InChI is InChI=1S/C33H37FN4O5.CH4O/c1-20-7-8-26(27(34)15-20)33(3)42-29-6-4-5-25(32(29)43-33)22-9-12-37(13-10-22)18-30-36-31(28(40)16-23(35)19-39)21(2)38(30)17-24-11-14-41-24;1-2/h4-8,15-16,19,22,24H,9-14,17-18,35H2,1-3H3;2H,1H3/b23-16-;. The van der Waals surface area contributed by atoms with Crippen molar-refractivity contribution >= 4 is 12.1 Å². The van der Waals surface area contributed by atoms with Crippen LogP contribution in [0.1, 0.15) is 70.8 Å². The van der Waals surface area contributed by atoms with Gasteiger partial charge in [0.25, 0.3) is 5.79 Å². The maximum Gasteiger partial charge on any atom is 0.278 e. The Hall–Kier alpha value is -4.06. The molecular formula is C34H41FN4O6. The van der Waals surface area contributed by atoms with Crippen LogP contribution in [-0.2, 0) is 28.4 Å². The van der Waals surface area contributed by atoms with E-state index in [-0.39, 0.29) is 29.3 Å². The number of nitrogens with zero attached hydrogens (tertiary/aromatic N) is 3. The van der Waals surface area contributed by atoms with Gasteiger partial charge in [-0.25, -0.2) is 9.37 Å². The zero-order valence-corrected chi connectivity index (χ0v) is 26.2. The van der Waals surface area contributed by atoms with Crippen LogP contribution >= 0.6 is 0 Å². The van der Waals surface area contributed by atoms with Crippen molar-refractivity contribution in [2.24, 2.45) is 5.73 Å². The Kier molecular flexibility index (Phi) is 9.71. The molecule has 2 unspecified atom stereocenters. The molecule has 0 saturated carbocycles. The quantitative estimate of drug-likeness (QED) is 0.205. The highest BCUT2D eigenvalue weighted by Crippen LogP contribution is 2.49. The number of fused-ring (bicyclic) bond motifs is 1. The fourth-order valence-corrected chi connectivity index (χ4v) is 6.24. The number of ketones is 1. The van der Waals surface area contributed by atoms with Crippen LogP contribution in [0.5, 0.6) is 11.5 Å². The Bertz CT molecular complexity index is 1590. The molecule has 0 spiro atoms. The number of halogens is 1. The summed E-state index contributed by atoms with van der Waals surface area (Å²) in [4.78, 5) is 30.9. The van der Waals surface area contributed by atoms with E-state index in [9.17, 15) is 14.0 Å². The number of carbonyl (C=O) groups excluding carboxylic acids is 2. The van der Waals surface area contributed by atoms with Crippen molar-refractivity contribution < 1.29 is 33.3 Å². The van der Waals surface area contributed by atoms with Crippen LogP contribution in [0.15, 0.2) is 48.2 Å². The molecule has 240 valence electrons. The molecule has 0 radical (unpaired) electrons. The number of aromatic nitrogens is 2. The Labute approximate surface area is 262 Å². The van der Waals surface area contributed by atoms with E-state index in [0.29, 0.717) is 42.1 Å². The van der Waals surface area contributed by atoms with Gasteiger partial charge in [0, 0.05) is 38.0 Å². The fraction of sp³-hybridized carbons (Fsp3) is 0.441. The van der Waals surface area contributed by atoms with Crippen LogP contribution in [0.25, 0.3) is 0 Å². The molecule has 3 aliphatic heterocycles. The smallest absolute Gasteiger partial charge is 0.278 e. The molecule has 2 atom stereocenters. The maximum absolute atomic E-state index is 14.9. The lowest BCUT2D eigenvalue weighted by Crippen LogP contribution is -2.35. The molecule has 3 aromatic rings. The number of likely N-dealkylation sites (tertiary alicyclic amines) is 1. The van der Waals surface area contributed by atoms with Gasteiger partial charge < -0.3 is 29.6 Å². The van der Waals surface area contributed by atoms with Crippen molar-refractivity contribution in [1.29, 1.82) is 0 Å². The Morgan fingerprint density at radius 2 is 1.89 bits per heavy atom. The highest BCUT2D eigenvalue weighted by Gasteiger charge is 2.43. The number of aliphatic hydroxyl groups is 1. The van der Waals surface area contributed by atoms with Gasteiger partial charge in [0.2, 0.25) is 5.78 Å². The predicted molar refractivity (Wildman–Crippen MR) is 166 cm³/mol. The average Bonchev–Trinajstić information content (AvgIpc) is 3.52. The number of piperidine rings is 1. The number of benzene rings is 2. The largest absolute Gasteiger partial charge is 0.444 e. The number of ether oxygens (including phenoxy) is 3. The first-order valence-corrected chi connectivity index (χ1v) is 15.2. The molecule has 2 saturated heterocycles. The summed E-state index contributed by atoms with van der Waals surface area (Å²) in [6.45, 7) is 9.07. The van der Waals surface area contributed by atoms with Gasteiger partial charge in [0.15, 0.2) is 17.8 Å². The summed E-state index contributed by atoms with van der Waals surface area (Å²) in [7, 11) is 1.00. The summed E-state index contributed by atoms with van der Waals surface area (Å²) in [6.07, 6.45) is 4.43. The number of aldehydes is 1. The number of rotatable bonds is 9. The van der Waals surface area contributed by atoms with E-state index < -0.39 is 5.79 Å². The van der Waals surface area contributed by atoms with E-state index in [4.69, 9.17) is 30.0 Å². The molecular weight excluding hydrogens is 579 g/mol. The molecule has 0 aliphatic carbocycles. The molecule has 0 bridgehead atoms. The zero-order chi connectivity index (χ0) is 32.3. The summed E-state index contributed by atoms with van der Waals surface area (Å²) >= 11 is 0. The van der Waals surface area contributed by atoms with Crippen molar-refractivity contribution in [2.75, 3.05) is 26.8 Å². The number of allylic oxidation sites excluding steroid dienone is 2. The van der Waals surface area contributed by atoms with E-state index in [1.807, 2.05) is 32.0 Å². The first-order chi connectivity index (χ1) is 21.6. The van der Waals surface area contributed by atoms with Gasteiger partial charge in [-0.3, -0.25) is 14.5 Å².